The van der Waals surface area contributed by atoms with Crippen molar-refractivity contribution in [1.29, 1.82) is 0 Å². The van der Waals surface area contributed by atoms with Crippen LogP contribution in [0.4, 0.5) is 24.5 Å². The van der Waals surface area contributed by atoms with Gasteiger partial charge >= 0.3 is 6.18 Å². The number of hydrogen-bond acceptors (Lipinski definition) is 5. The zero-order valence-corrected chi connectivity index (χ0v) is 12.2. The summed E-state index contributed by atoms with van der Waals surface area (Å²) in [6.07, 6.45) is -4.46. The number of phenolic OH excluding ortho intramolecular Hbond substituents is 2. The van der Waals surface area contributed by atoms with E-state index in [0.717, 1.165) is 6.07 Å². The lowest BCUT2D eigenvalue weighted by molar-refractivity contribution is -0.388. The minimum Gasteiger partial charge on any atom is -0.504 e. The minimum atomic E-state index is -4.83. The fraction of sp³-hybridized carbons (Fsp3) is 0.200. The van der Waals surface area contributed by atoms with Gasteiger partial charge in [0.25, 0.3) is 5.69 Å². The normalized spacial score (nSPS) is 11.3. The molecule has 3 N–H and O–H groups in total. The Morgan fingerprint density at radius 1 is 1.08 bits per heavy atom. The first kappa shape index (κ1) is 17.4. The molecular weight excluding hydrogens is 329 g/mol. The van der Waals surface area contributed by atoms with Gasteiger partial charge in [0.05, 0.1) is 4.92 Å². The highest BCUT2D eigenvalue weighted by molar-refractivity contribution is 5.55. The van der Waals surface area contributed by atoms with Gasteiger partial charge in [-0.05, 0) is 36.2 Å². The molecule has 0 amide bonds. The number of alkyl halides is 3. The van der Waals surface area contributed by atoms with Crippen LogP contribution in [0.1, 0.15) is 11.1 Å². The van der Waals surface area contributed by atoms with E-state index >= 15 is 0 Å². The molecule has 6 nitrogen and oxygen atoms in total. The summed E-state index contributed by atoms with van der Waals surface area (Å²) in [7, 11) is 0. The van der Waals surface area contributed by atoms with Crippen LogP contribution in [-0.4, -0.2) is 21.7 Å². The number of anilines is 1. The van der Waals surface area contributed by atoms with Gasteiger partial charge in [-0.1, -0.05) is 6.07 Å². The summed E-state index contributed by atoms with van der Waals surface area (Å²) in [5.41, 5.74) is -1.57. The smallest absolute Gasteiger partial charge is 0.423 e. The Balaban J connectivity index is 2.10. The van der Waals surface area contributed by atoms with Crippen molar-refractivity contribution in [2.45, 2.75) is 12.6 Å². The molecule has 2 aromatic rings. The van der Waals surface area contributed by atoms with Crippen molar-refractivity contribution in [1.82, 2.24) is 0 Å². The SMILES string of the molecule is O=[N+]([O-])c1ccc(NCCc2ccc(O)c(O)c2)cc1C(F)(F)F. The largest absolute Gasteiger partial charge is 0.504 e. The third-order valence-corrected chi connectivity index (χ3v) is 3.28. The number of halogens is 3. The monoisotopic (exact) mass is 342 g/mol. The zero-order chi connectivity index (χ0) is 17.9. The molecule has 24 heavy (non-hydrogen) atoms. The second kappa shape index (κ2) is 6.65. The van der Waals surface area contributed by atoms with Crippen LogP contribution in [0.5, 0.6) is 11.5 Å². The summed E-state index contributed by atoms with van der Waals surface area (Å²) in [6.45, 7) is 0.235. The zero-order valence-electron chi connectivity index (χ0n) is 12.2. The molecule has 2 rings (SSSR count). The van der Waals surface area contributed by atoms with E-state index in [-0.39, 0.29) is 23.7 Å². The average Bonchev–Trinajstić information content (AvgIpc) is 2.49. The number of nitro groups is 1. The highest BCUT2D eigenvalue weighted by Crippen LogP contribution is 2.37. The van der Waals surface area contributed by atoms with E-state index in [4.69, 9.17) is 0 Å². The Bertz CT molecular complexity index is 763. The van der Waals surface area contributed by atoms with E-state index in [1.165, 1.54) is 18.2 Å². The predicted molar refractivity (Wildman–Crippen MR) is 80.1 cm³/mol. The first-order chi connectivity index (χ1) is 11.2. The van der Waals surface area contributed by atoms with E-state index in [9.17, 15) is 33.5 Å². The van der Waals surface area contributed by atoms with Crippen molar-refractivity contribution >= 4 is 11.4 Å². The van der Waals surface area contributed by atoms with Crippen LogP contribution in [-0.2, 0) is 12.6 Å². The molecule has 0 unspecified atom stereocenters. The lowest BCUT2D eigenvalue weighted by Gasteiger charge is -2.11. The molecule has 0 saturated carbocycles. The molecule has 0 saturated heterocycles. The van der Waals surface area contributed by atoms with E-state index < -0.39 is 22.4 Å². The summed E-state index contributed by atoms with van der Waals surface area (Å²) in [5.74, 6) is -0.556. The summed E-state index contributed by atoms with van der Waals surface area (Å²) in [4.78, 5) is 9.60. The van der Waals surface area contributed by atoms with Gasteiger partial charge in [0.1, 0.15) is 5.56 Å². The molecule has 0 fully saturated rings. The summed E-state index contributed by atoms with van der Waals surface area (Å²) >= 11 is 0. The van der Waals surface area contributed by atoms with Crippen molar-refractivity contribution in [3.63, 3.8) is 0 Å². The van der Waals surface area contributed by atoms with Gasteiger partial charge in [0, 0.05) is 18.3 Å². The average molecular weight is 342 g/mol. The van der Waals surface area contributed by atoms with E-state index in [2.05, 4.69) is 5.32 Å². The Morgan fingerprint density at radius 3 is 2.38 bits per heavy atom. The molecule has 0 bridgehead atoms. The number of benzene rings is 2. The fourth-order valence-corrected chi connectivity index (χ4v) is 2.11. The molecular formula is C15H13F3N2O4. The molecule has 0 aliphatic carbocycles. The molecule has 0 aliphatic heterocycles. The topological polar surface area (TPSA) is 95.6 Å². The number of nitro benzene ring substituents is 1. The Hall–Kier alpha value is -2.97. The van der Waals surface area contributed by atoms with Gasteiger partial charge in [0.15, 0.2) is 11.5 Å². The molecule has 0 aliphatic rings. The van der Waals surface area contributed by atoms with Crippen LogP contribution in [0.15, 0.2) is 36.4 Å². The summed E-state index contributed by atoms with van der Waals surface area (Å²) in [6, 6.07) is 6.89. The number of aromatic hydroxyl groups is 2. The second-order valence-corrected chi connectivity index (χ2v) is 4.99. The van der Waals surface area contributed by atoms with Crippen molar-refractivity contribution in [3.05, 3.63) is 57.6 Å². The first-order valence-corrected chi connectivity index (χ1v) is 6.79. The molecule has 0 heterocycles. The number of phenols is 2. The van der Waals surface area contributed by atoms with Crippen molar-refractivity contribution in [2.24, 2.45) is 0 Å². The molecule has 0 radical (unpaired) electrons. The molecule has 0 aromatic heterocycles. The van der Waals surface area contributed by atoms with Crippen LogP contribution in [0.3, 0.4) is 0 Å². The highest BCUT2D eigenvalue weighted by Gasteiger charge is 2.38. The van der Waals surface area contributed by atoms with E-state index in [0.29, 0.717) is 18.1 Å². The van der Waals surface area contributed by atoms with E-state index in [1.807, 2.05) is 0 Å². The Kier molecular flexibility index (Phi) is 4.82. The fourth-order valence-electron chi connectivity index (χ4n) is 2.11. The maximum absolute atomic E-state index is 12.9. The quantitative estimate of drug-likeness (QED) is 0.438. The maximum Gasteiger partial charge on any atom is 0.423 e. The number of hydrogen-bond donors (Lipinski definition) is 3. The van der Waals surface area contributed by atoms with Crippen LogP contribution < -0.4 is 5.32 Å². The van der Waals surface area contributed by atoms with Crippen LogP contribution in [0.25, 0.3) is 0 Å². The number of rotatable bonds is 5. The predicted octanol–water partition coefficient (Wildman–Crippen LogP) is 3.68. The number of nitrogens with one attached hydrogen (secondary N) is 1. The highest BCUT2D eigenvalue weighted by atomic mass is 19.4. The van der Waals surface area contributed by atoms with Crippen LogP contribution >= 0.6 is 0 Å². The van der Waals surface area contributed by atoms with Crippen molar-refractivity contribution < 1.29 is 28.3 Å². The third-order valence-electron chi connectivity index (χ3n) is 3.28. The van der Waals surface area contributed by atoms with Gasteiger partial charge in [-0.2, -0.15) is 13.2 Å². The number of nitrogens with zero attached hydrogens (tertiary/aromatic N) is 1. The minimum absolute atomic E-state index is 0.0934. The third kappa shape index (κ3) is 4.06. The van der Waals surface area contributed by atoms with E-state index in [1.54, 1.807) is 6.07 Å². The lowest BCUT2D eigenvalue weighted by Crippen LogP contribution is -2.11. The second-order valence-electron chi connectivity index (χ2n) is 4.99. The summed E-state index contributed by atoms with van der Waals surface area (Å²) in [5, 5.41) is 32.0. The van der Waals surface area contributed by atoms with Crippen molar-refractivity contribution in [2.75, 3.05) is 11.9 Å². The summed E-state index contributed by atoms with van der Waals surface area (Å²) < 4.78 is 38.6. The van der Waals surface area contributed by atoms with Crippen LogP contribution in [0, 0.1) is 10.1 Å². The van der Waals surface area contributed by atoms with Gasteiger partial charge in [-0.25, -0.2) is 0 Å². The molecule has 0 atom stereocenters. The molecule has 0 spiro atoms. The van der Waals surface area contributed by atoms with Gasteiger partial charge in [-0.15, -0.1) is 0 Å². The van der Waals surface area contributed by atoms with Crippen molar-refractivity contribution in [3.8, 4) is 11.5 Å². The van der Waals surface area contributed by atoms with Crippen LogP contribution in [0.2, 0.25) is 0 Å². The Morgan fingerprint density at radius 2 is 1.79 bits per heavy atom. The standard InChI is InChI=1S/C15H13F3N2O4/c16-15(17,18)11-8-10(2-3-12(11)20(23)24)19-6-5-9-1-4-13(21)14(22)7-9/h1-4,7-8,19,21-22H,5-6H2. The molecule has 128 valence electrons. The lowest BCUT2D eigenvalue weighted by atomic mass is 10.1. The van der Waals surface area contributed by atoms with Gasteiger partial charge in [-0.3, -0.25) is 10.1 Å². The Labute approximate surface area is 134 Å². The maximum atomic E-state index is 12.9. The molecule has 2 aromatic carbocycles. The molecule has 9 heteroatoms. The van der Waals surface area contributed by atoms with Gasteiger partial charge < -0.3 is 15.5 Å². The van der Waals surface area contributed by atoms with Gasteiger partial charge in [0.2, 0.25) is 0 Å². The first-order valence-electron chi connectivity index (χ1n) is 6.79.